The fourth-order valence-electron chi connectivity index (χ4n) is 2.58. The van der Waals surface area contributed by atoms with Gasteiger partial charge in [0.25, 0.3) is 0 Å². The van der Waals surface area contributed by atoms with Crippen LogP contribution in [-0.4, -0.2) is 36.2 Å². The van der Waals surface area contributed by atoms with Crippen molar-refractivity contribution in [1.29, 1.82) is 0 Å². The number of amides is 1. The van der Waals surface area contributed by atoms with Crippen LogP contribution < -0.4 is 10.6 Å². The lowest BCUT2D eigenvalue weighted by Crippen LogP contribution is -2.50. The van der Waals surface area contributed by atoms with E-state index in [4.69, 9.17) is 0 Å². The monoisotopic (exact) mass is 256 g/mol. The summed E-state index contributed by atoms with van der Waals surface area (Å²) in [5, 5.41) is 16.5. The van der Waals surface area contributed by atoms with E-state index in [2.05, 4.69) is 24.5 Å². The van der Waals surface area contributed by atoms with Crippen LogP contribution in [0.1, 0.15) is 47.0 Å². The number of aliphatic hydroxyl groups is 1. The molecule has 4 nitrogen and oxygen atoms in total. The quantitative estimate of drug-likeness (QED) is 0.671. The number of carbonyl (C=O) groups is 1. The summed E-state index contributed by atoms with van der Waals surface area (Å²) >= 11 is 0. The molecule has 0 saturated carbocycles. The zero-order valence-electron chi connectivity index (χ0n) is 12.2. The number of hydrogen-bond acceptors (Lipinski definition) is 3. The van der Waals surface area contributed by atoms with Gasteiger partial charge >= 0.3 is 0 Å². The molecule has 0 aliphatic carbocycles. The summed E-state index contributed by atoms with van der Waals surface area (Å²) in [6.45, 7) is 10.1. The summed E-state index contributed by atoms with van der Waals surface area (Å²) in [6, 6.07) is 0. The fourth-order valence-corrected chi connectivity index (χ4v) is 2.58. The summed E-state index contributed by atoms with van der Waals surface area (Å²) in [5.41, 5.74) is -1.07. The van der Waals surface area contributed by atoms with Gasteiger partial charge in [-0.15, -0.1) is 0 Å². The Balaban J connectivity index is 2.64. The van der Waals surface area contributed by atoms with Crippen molar-refractivity contribution in [2.24, 2.45) is 11.3 Å². The van der Waals surface area contributed by atoms with Gasteiger partial charge < -0.3 is 15.7 Å². The SMILES string of the molecule is CCC(O)(CC)CNC(=O)C1(C(C)C)CCNC1. The molecule has 18 heavy (non-hydrogen) atoms. The highest BCUT2D eigenvalue weighted by atomic mass is 16.3. The second-order valence-corrected chi connectivity index (χ2v) is 5.85. The minimum absolute atomic E-state index is 0.0859. The van der Waals surface area contributed by atoms with E-state index in [0.29, 0.717) is 25.3 Å². The first-order valence-corrected chi connectivity index (χ1v) is 7.11. The first-order chi connectivity index (χ1) is 8.40. The van der Waals surface area contributed by atoms with Crippen molar-refractivity contribution in [1.82, 2.24) is 10.6 Å². The summed E-state index contributed by atoms with van der Waals surface area (Å²) in [5.74, 6) is 0.395. The van der Waals surface area contributed by atoms with Crippen LogP contribution in [0.25, 0.3) is 0 Å². The first kappa shape index (κ1) is 15.4. The van der Waals surface area contributed by atoms with Crippen molar-refractivity contribution in [3.05, 3.63) is 0 Å². The Kier molecular flexibility index (Phi) is 5.17. The third-order valence-corrected chi connectivity index (χ3v) is 4.64. The number of hydrogen-bond donors (Lipinski definition) is 3. The molecule has 1 rings (SSSR count). The Hall–Kier alpha value is -0.610. The highest BCUT2D eigenvalue weighted by Crippen LogP contribution is 2.34. The normalized spacial score (nSPS) is 24.6. The summed E-state index contributed by atoms with van der Waals surface area (Å²) < 4.78 is 0. The molecule has 3 N–H and O–H groups in total. The molecule has 0 aromatic heterocycles. The van der Waals surface area contributed by atoms with E-state index in [-0.39, 0.29) is 11.3 Å². The average Bonchev–Trinajstić information content (AvgIpc) is 2.86. The van der Waals surface area contributed by atoms with Crippen LogP contribution >= 0.6 is 0 Å². The fraction of sp³-hybridized carbons (Fsp3) is 0.929. The summed E-state index contributed by atoms with van der Waals surface area (Å²) in [7, 11) is 0. The van der Waals surface area contributed by atoms with Crippen molar-refractivity contribution in [3.8, 4) is 0 Å². The van der Waals surface area contributed by atoms with E-state index < -0.39 is 5.60 Å². The van der Waals surface area contributed by atoms with E-state index >= 15 is 0 Å². The van der Waals surface area contributed by atoms with Gasteiger partial charge in [0.2, 0.25) is 5.91 Å². The minimum Gasteiger partial charge on any atom is -0.388 e. The van der Waals surface area contributed by atoms with E-state index in [1.807, 2.05) is 13.8 Å². The van der Waals surface area contributed by atoms with Crippen molar-refractivity contribution in [3.63, 3.8) is 0 Å². The van der Waals surface area contributed by atoms with Crippen LogP contribution in [0.5, 0.6) is 0 Å². The van der Waals surface area contributed by atoms with Crippen LogP contribution in [-0.2, 0) is 4.79 Å². The molecule has 0 radical (unpaired) electrons. The standard InChI is InChI=1S/C14H28N2O2/c1-5-13(18,6-2)9-16-12(17)14(11(3)4)7-8-15-10-14/h11,15,18H,5-10H2,1-4H3,(H,16,17). The number of carbonyl (C=O) groups excluding carboxylic acids is 1. The van der Waals surface area contributed by atoms with Crippen LogP contribution in [0.4, 0.5) is 0 Å². The number of rotatable bonds is 6. The molecular weight excluding hydrogens is 228 g/mol. The second kappa shape index (κ2) is 6.02. The lowest BCUT2D eigenvalue weighted by Gasteiger charge is -2.33. The maximum Gasteiger partial charge on any atom is 0.227 e. The van der Waals surface area contributed by atoms with Crippen molar-refractivity contribution < 1.29 is 9.90 Å². The first-order valence-electron chi connectivity index (χ1n) is 7.11. The Labute approximate surface area is 111 Å². The molecular formula is C14H28N2O2. The smallest absolute Gasteiger partial charge is 0.227 e. The molecule has 0 aromatic rings. The molecule has 1 unspecified atom stereocenters. The largest absolute Gasteiger partial charge is 0.388 e. The Morgan fingerprint density at radius 2 is 2.06 bits per heavy atom. The van der Waals surface area contributed by atoms with E-state index in [0.717, 1.165) is 19.5 Å². The van der Waals surface area contributed by atoms with Crippen LogP contribution in [0.2, 0.25) is 0 Å². The van der Waals surface area contributed by atoms with Crippen molar-refractivity contribution in [2.75, 3.05) is 19.6 Å². The van der Waals surface area contributed by atoms with E-state index in [9.17, 15) is 9.90 Å². The third kappa shape index (κ3) is 3.04. The molecule has 4 heteroatoms. The summed E-state index contributed by atoms with van der Waals surface area (Å²) in [6.07, 6.45) is 2.21. The molecule has 1 saturated heterocycles. The van der Waals surface area contributed by atoms with Crippen LogP contribution in [0.3, 0.4) is 0 Å². The van der Waals surface area contributed by atoms with Gasteiger partial charge in [0, 0.05) is 13.1 Å². The summed E-state index contributed by atoms with van der Waals surface area (Å²) in [4.78, 5) is 12.4. The molecule has 1 fully saturated rings. The van der Waals surface area contributed by atoms with Gasteiger partial charge in [-0.3, -0.25) is 4.79 Å². The predicted octanol–water partition coefficient (Wildman–Crippen LogP) is 1.29. The predicted molar refractivity (Wildman–Crippen MR) is 73.3 cm³/mol. The lowest BCUT2D eigenvalue weighted by atomic mass is 9.75. The Bertz CT molecular complexity index is 280. The maximum atomic E-state index is 12.4. The lowest BCUT2D eigenvalue weighted by molar-refractivity contribution is -0.133. The zero-order chi connectivity index (χ0) is 13.8. The number of nitrogens with one attached hydrogen (secondary N) is 2. The van der Waals surface area contributed by atoms with Gasteiger partial charge in [-0.1, -0.05) is 27.7 Å². The molecule has 1 heterocycles. The Morgan fingerprint density at radius 1 is 1.44 bits per heavy atom. The van der Waals surface area contributed by atoms with Gasteiger partial charge in [0.05, 0.1) is 11.0 Å². The molecule has 1 aliphatic heterocycles. The third-order valence-electron chi connectivity index (χ3n) is 4.64. The highest BCUT2D eigenvalue weighted by Gasteiger charge is 2.44. The van der Waals surface area contributed by atoms with Crippen LogP contribution in [0.15, 0.2) is 0 Å². The molecule has 1 aliphatic rings. The molecule has 0 bridgehead atoms. The molecule has 0 spiro atoms. The van der Waals surface area contributed by atoms with Gasteiger partial charge in [-0.2, -0.15) is 0 Å². The van der Waals surface area contributed by atoms with Gasteiger partial charge in [0.15, 0.2) is 0 Å². The maximum absolute atomic E-state index is 12.4. The molecule has 106 valence electrons. The Morgan fingerprint density at radius 3 is 2.44 bits per heavy atom. The molecule has 0 aromatic carbocycles. The topological polar surface area (TPSA) is 61.4 Å². The average molecular weight is 256 g/mol. The second-order valence-electron chi connectivity index (χ2n) is 5.85. The zero-order valence-corrected chi connectivity index (χ0v) is 12.2. The molecule has 1 atom stereocenters. The minimum atomic E-state index is -0.764. The van der Waals surface area contributed by atoms with Gasteiger partial charge in [-0.05, 0) is 31.7 Å². The van der Waals surface area contributed by atoms with Crippen LogP contribution in [0, 0.1) is 11.3 Å². The van der Waals surface area contributed by atoms with E-state index in [1.54, 1.807) is 0 Å². The van der Waals surface area contributed by atoms with E-state index in [1.165, 1.54) is 0 Å². The van der Waals surface area contributed by atoms with Crippen molar-refractivity contribution in [2.45, 2.75) is 52.6 Å². The van der Waals surface area contributed by atoms with Crippen molar-refractivity contribution >= 4 is 5.91 Å². The van der Waals surface area contributed by atoms with Gasteiger partial charge in [-0.25, -0.2) is 0 Å². The highest BCUT2D eigenvalue weighted by molar-refractivity contribution is 5.83. The van der Waals surface area contributed by atoms with Gasteiger partial charge in [0.1, 0.15) is 0 Å². The molecule has 1 amide bonds.